The highest BCUT2D eigenvalue weighted by molar-refractivity contribution is 7.19. The molecule has 0 fully saturated rings. The topological polar surface area (TPSA) is 62.2 Å². The summed E-state index contributed by atoms with van der Waals surface area (Å²) in [6.07, 6.45) is 4.00. The summed E-state index contributed by atoms with van der Waals surface area (Å²) in [5.41, 5.74) is 3.65. The molecule has 2 N–H and O–H groups in total. The molecule has 0 unspecified atom stereocenters. The van der Waals surface area contributed by atoms with E-state index >= 15 is 0 Å². The number of rotatable bonds is 5. The molecule has 27 heavy (non-hydrogen) atoms. The van der Waals surface area contributed by atoms with Crippen LogP contribution in [0.3, 0.4) is 0 Å². The van der Waals surface area contributed by atoms with Crippen molar-refractivity contribution in [3.8, 4) is 0 Å². The van der Waals surface area contributed by atoms with E-state index in [-0.39, 0.29) is 5.56 Å². The highest BCUT2D eigenvalue weighted by Gasteiger charge is 2.09. The average Bonchev–Trinajstić information content (AvgIpc) is 3.10. The Morgan fingerprint density at radius 1 is 0.963 bits per heavy atom. The van der Waals surface area contributed by atoms with Crippen LogP contribution in [-0.4, -0.2) is 16.1 Å². The summed E-state index contributed by atoms with van der Waals surface area (Å²) in [5, 5.41) is 13.4. The van der Waals surface area contributed by atoms with Crippen LogP contribution in [-0.2, 0) is 0 Å². The van der Waals surface area contributed by atoms with Gasteiger partial charge in [0, 0.05) is 5.69 Å². The molecule has 0 radical (unpaired) electrons. The highest BCUT2D eigenvalue weighted by Crippen LogP contribution is 2.25. The zero-order valence-corrected chi connectivity index (χ0v) is 15.1. The first-order chi connectivity index (χ1) is 13.2. The van der Waals surface area contributed by atoms with Crippen molar-refractivity contribution in [2.75, 3.05) is 5.32 Å². The van der Waals surface area contributed by atoms with Gasteiger partial charge in [0.15, 0.2) is 0 Å². The fourth-order valence-corrected chi connectivity index (χ4v) is 3.65. The second-order valence-electron chi connectivity index (χ2n) is 5.95. The van der Waals surface area contributed by atoms with E-state index in [2.05, 4.69) is 16.4 Å². The Morgan fingerprint density at radius 3 is 2.63 bits per heavy atom. The average molecular weight is 372 g/mol. The summed E-state index contributed by atoms with van der Waals surface area (Å²) in [4.78, 5) is 16.0. The lowest BCUT2D eigenvalue weighted by Crippen LogP contribution is -2.02. The van der Waals surface area contributed by atoms with E-state index in [4.69, 9.17) is 0 Å². The monoisotopic (exact) mass is 372 g/mol. The van der Waals surface area contributed by atoms with Gasteiger partial charge in [0.25, 0.3) is 0 Å². The lowest BCUT2D eigenvalue weighted by molar-refractivity contribution is 0.0698. The van der Waals surface area contributed by atoms with E-state index in [1.807, 2.05) is 60.7 Å². The third-order valence-electron chi connectivity index (χ3n) is 4.05. The van der Waals surface area contributed by atoms with E-state index in [1.54, 1.807) is 29.5 Å². The molecule has 0 saturated carbocycles. The molecule has 0 atom stereocenters. The van der Waals surface area contributed by atoms with Crippen molar-refractivity contribution in [2.24, 2.45) is 0 Å². The minimum Gasteiger partial charge on any atom is -0.478 e. The van der Waals surface area contributed by atoms with Crippen molar-refractivity contribution in [1.82, 2.24) is 4.98 Å². The molecule has 4 rings (SSSR count). The number of benzene rings is 3. The molecule has 0 spiro atoms. The van der Waals surface area contributed by atoms with Gasteiger partial charge in [-0.3, -0.25) is 0 Å². The van der Waals surface area contributed by atoms with Gasteiger partial charge in [0.05, 0.1) is 21.5 Å². The molecule has 132 valence electrons. The van der Waals surface area contributed by atoms with E-state index < -0.39 is 5.97 Å². The number of hydrogen-bond donors (Lipinski definition) is 2. The minimum absolute atomic E-state index is 0.243. The van der Waals surface area contributed by atoms with Gasteiger partial charge < -0.3 is 10.4 Å². The minimum atomic E-state index is -0.954. The highest BCUT2D eigenvalue weighted by atomic mass is 32.1. The van der Waals surface area contributed by atoms with Crippen molar-refractivity contribution in [1.29, 1.82) is 0 Å². The largest absolute Gasteiger partial charge is 0.478 e. The van der Waals surface area contributed by atoms with Crippen molar-refractivity contribution >= 4 is 51.0 Å². The third kappa shape index (κ3) is 3.88. The molecule has 1 heterocycles. The first-order valence-electron chi connectivity index (χ1n) is 8.42. The van der Waals surface area contributed by atoms with Crippen LogP contribution in [0.5, 0.6) is 0 Å². The van der Waals surface area contributed by atoms with Crippen LogP contribution >= 0.6 is 11.3 Å². The van der Waals surface area contributed by atoms with Gasteiger partial charge in [-0.2, -0.15) is 0 Å². The summed E-state index contributed by atoms with van der Waals surface area (Å²) in [5.74, 6) is -0.954. The van der Waals surface area contributed by atoms with Crippen LogP contribution < -0.4 is 5.32 Å². The maximum atomic E-state index is 11.4. The molecule has 1 aromatic heterocycles. The number of para-hydroxylation sites is 2. The maximum Gasteiger partial charge on any atom is 0.337 e. The quantitative estimate of drug-likeness (QED) is 0.457. The standard InChI is InChI=1S/C22H16N2O2S/c25-22(26)17-8-1-2-9-18(17)23-16-7-5-6-15(14-16)12-13-21-24-19-10-3-4-11-20(19)27-21/h1-14,23H,(H,25,26). The van der Waals surface area contributed by atoms with Crippen LogP contribution in [0.25, 0.3) is 22.4 Å². The van der Waals surface area contributed by atoms with Gasteiger partial charge in [0.2, 0.25) is 0 Å². The zero-order chi connectivity index (χ0) is 18.6. The first kappa shape index (κ1) is 17.0. The fourth-order valence-electron chi connectivity index (χ4n) is 2.78. The molecule has 0 amide bonds. The Hall–Kier alpha value is -3.44. The molecule has 0 aliphatic heterocycles. The number of hydrogen-bond acceptors (Lipinski definition) is 4. The molecule has 0 bridgehead atoms. The lowest BCUT2D eigenvalue weighted by Gasteiger charge is -2.10. The lowest BCUT2D eigenvalue weighted by atomic mass is 10.1. The number of carboxylic acids is 1. The molecule has 4 nitrogen and oxygen atoms in total. The predicted octanol–water partition coefficient (Wildman–Crippen LogP) is 5.91. The van der Waals surface area contributed by atoms with Crippen molar-refractivity contribution in [2.45, 2.75) is 0 Å². The molecular weight excluding hydrogens is 356 g/mol. The van der Waals surface area contributed by atoms with Gasteiger partial charge in [-0.25, -0.2) is 9.78 Å². The summed E-state index contributed by atoms with van der Waals surface area (Å²) in [7, 11) is 0. The van der Waals surface area contributed by atoms with Crippen LogP contribution in [0.4, 0.5) is 11.4 Å². The molecule has 5 heteroatoms. The third-order valence-corrected chi connectivity index (χ3v) is 5.05. The molecular formula is C22H16N2O2S. The predicted molar refractivity (Wildman–Crippen MR) is 112 cm³/mol. The summed E-state index contributed by atoms with van der Waals surface area (Å²) in [6.45, 7) is 0. The number of aromatic nitrogens is 1. The van der Waals surface area contributed by atoms with Gasteiger partial charge >= 0.3 is 5.97 Å². The van der Waals surface area contributed by atoms with E-state index in [0.717, 1.165) is 26.5 Å². The van der Waals surface area contributed by atoms with Gasteiger partial charge in [0.1, 0.15) is 5.01 Å². The molecule has 0 aliphatic carbocycles. The molecule has 0 saturated heterocycles. The summed E-state index contributed by atoms with van der Waals surface area (Å²) < 4.78 is 1.16. The van der Waals surface area contributed by atoms with E-state index in [0.29, 0.717) is 5.69 Å². The first-order valence-corrected chi connectivity index (χ1v) is 9.24. The number of fused-ring (bicyclic) bond motifs is 1. The van der Waals surface area contributed by atoms with Crippen LogP contribution in [0.1, 0.15) is 20.9 Å². The van der Waals surface area contributed by atoms with E-state index in [1.165, 1.54) is 0 Å². The molecule has 3 aromatic carbocycles. The second kappa shape index (κ2) is 7.43. The van der Waals surface area contributed by atoms with Crippen LogP contribution in [0, 0.1) is 0 Å². The van der Waals surface area contributed by atoms with Crippen LogP contribution in [0.2, 0.25) is 0 Å². The number of carboxylic acid groups (broad SMARTS) is 1. The second-order valence-corrected chi connectivity index (χ2v) is 7.02. The summed E-state index contributed by atoms with van der Waals surface area (Å²) >= 11 is 1.65. The Balaban J connectivity index is 1.56. The fraction of sp³-hybridized carbons (Fsp3) is 0. The number of thiazole rings is 1. The van der Waals surface area contributed by atoms with Crippen molar-refractivity contribution in [3.05, 3.63) is 88.9 Å². The Labute approximate surface area is 160 Å². The Bertz CT molecular complexity index is 1110. The van der Waals surface area contributed by atoms with Crippen molar-refractivity contribution in [3.63, 3.8) is 0 Å². The molecule has 4 aromatic rings. The van der Waals surface area contributed by atoms with E-state index in [9.17, 15) is 9.90 Å². The SMILES string of the molecule is O=C(O)c1ccccc1Nc1cccc(C=Cc2nc3ccccc3s2)c1. The molecule has 0 aliphatic rings. The van der Waals surface area contributed by atoms with Gasteiger partial charge in [-0.1, -0.05) is 42.5 Å². The Kier molecular flexibility index (Phi) is 4.68. The number of carbonyl (C=O) groups is 1. The number of nitrogens with one attached hydrogen (secondary N) is 1. The summed E-state index contributed by atoms with van der Waals surface area (Å²) in [6, 6.07) is 22.8. The van der Waals surface area contributed by atoms with Gasteiger partial charge in [-0.05, 0) is 48.0 Å². The Morgan fingerprint density at radius 2 is 1.78 bits per heavy atom. The van der Waals surface area contributed by atoms with Crippen LogP contribution in [0.15, 0.2) is 72.8 Å². The normalized spacial score (nSPS) is 11.1. The number of aromatic carboxylic acids is 1. The number of nitrogens with zero attached hydrogens (tertiary/aromatic N) is 1. The smallest absolute Gasteiger partial charge is 0.337 e. The number of anilines is 2. The van der Waals surface area contributed by atoms with Crippen molar-refractivity contribution < 1.29 is 9.90 Å². The van der Waals surface area contributed by atoms with Gasteiger partial charge in [-0.15, -0.1) is 11.3 Å². The zero-order valence-electron chi connectivity index (χ0n) is 14.3. The maximum absolute atomic E-state index is 11.4.